The lowest BCUT2D eigenvalue weighted by atomic mass is 9.92. The second-order valence-corrected chi connectivity index (χ2v) is 6.14. The van der Waals surface area contributed by atoms with Crippen molar-refractivity contribution in [3.8, 4) is 0 Å². The van der Waals surface area contributed by atoms with Gasteiger partial charge in [0.1, 0.15) is 11.4 Å². The first kappa shape index (κ1) is 14.1. The zero-order valence-corrected chi connectivity index (χ0v) is 12.9. The summed E-state index contributed by atoms with van der Waals surface area (Å²) in [6, 6.07) is 0. The molecule has 3 rings (SSSR count). The van der Waals surface area contributed by atoms with E-state index in [-0.39, 0.29) is 5.60 Å². The van der Waals surface area contributed by atoms with Crippen LogP contribution in [0.4, 0.5) is 5.82 Å². The molecular formula is C14H21N3O2S. The topological polar surface area (TPSA) is 56.3 Å². The summed E-state index contributed by atoms with van der Waals surface area (Å²) in [5, 5.41) is 3.38. The third-order valence-electron chi connectivity index (χ3n) is 4.02. The van der Waals surface area contributed by atoms with Gasteiger partial charge in [0, 0.05) is 56.8 Å². The Morgan fingerprint density at radius 2 is 2.10 bits per heavy atom. The summed E-state index contributed by atoms with van der Waals surface area (Å²) >= 11 is 1.90. The molecule has 1 aromatic rings. The minimum absolute atomic E-state index is 0.384. The van der Waals surface area contributed by atoms with Crippen LogP contribution in [-0.2, 0) is 26.6 Å². The molecule has 1 N–H and O–H groups in total. The SMILES string of the molecule is CCNc1nc(C2(OC)CCOCC2)nc2c1CSC2. The third kappa shape index (κ3) is 2.40. The number of hydrogen-bond acceptors (Lipinski definition) is 6. The van der Waals surface area contributed by atoms with Gasteiger partial charge in [-0.1, -0.05) is 0 Å². The van der Waals surface area contributed by atoms with Crippen molar-refractivity contribution in [2.24, 2.45) is 0 Å². The Bertz CT molecular complexity index is 490. The lowest BCUT2D eigenvalue weighted by Crippen LogP contribution is -2.37. The van der Waals surface area contributed by atoms with E-state index in [0.717, 1.165) is 42.5 Å². The number of rotatable bonds is 4. The van der Waals surface area contributed by atoms with E-state index < -0.39 is 0 Å². The van der Waals surface area contributed by atoms with Gasteiger partial charge in [-0.05, 0) is 6.92 Å². The van der Waals surface area contributed by atoms with E-state index in [9.17, 15) is 0 Å². The van der Waals surface area contributed by atoms with Gasteiger partial charge in [-0.15, -0.1) is 0 Å². The molecule has 0 saturated carbocycles. The van der Waals surface area contributed by atoms with Crippen molar-refractivity contribution in [1.82, 2.24) is 9.97 Å². The Kier molecular flexibility index (Phi) is 4.14. The van der Waals surface area contributed by atoms with Crippen LogP contribution in [-0.4, -0.2) is 36.8 Å². The molecule has 6 heteroatoms. The Balaban J connectivity index is 2.02. The largest absolute Gasteiger partial charge is 0.381 e. The fraction of sp³-hybridized carbons (Fsp3) is 0.714. The number of methoxy groups -OCH3 is 1. The zero-order valence-electron chi connectivity index (χ0n) is 12.1. The van der Waals surface area contributed by atoms with Crippen LogP contribution >= 0.6 is 11.8 Å². The maximum atomic E-state index is 5.82. The van der Waals surface area contributed by atoms with Crippen molar-refractivity contribution in [2.75, 3.05) is 32.2 Å². The van der Waals surface area contributed by atoms with Crippen LogP contribution in [0.15, 0.2) is 0 Å². The van der Waals surface area contributed by atoms with Crippen molar-refractivity contribution >= 4 is 17.6 Å². The number of nitrogens with zero attached hydrogens (tertiary/aromatic N) is 2. The Labute approximate surface area is 123 Å². The molecule has 0 radical (unpaired) electrons. The number of ether oxygens (including phenoxy) is 2. The van der Waals surface area contributed by atoms with Gasteiger partial charge in [0.15, 0.2) is 5.82 Å². The highest BCUT2D eigenvalue weighted by atomic mass is 32.2. The lowest BCUT2D eigenvalue weighted by molar-refractivity contribution is -0.1000. The average Bonchev–Trinajstić information content (AvgIpc) is 2.97. The summed E-state index contributed by atoms with van der Waals surface area (Å²) in [7, 11) is 1.75. The van der Waals surface area contributed by atoms with Gasteiger partial charge in [-0.2, -0.15) is 11.8 Å². The minimum atomic E-state index is -0.384. The van der Waals surface area contributed by atoms with Gasteiger partial charge in [0.05, 0.1) is 5.69 Å². The molecule has 110 valence electrons. The first-order chi connectivity index (χ1) is 9.79. The summed E-state index contributed by atoms with van der Waals surface area (Å²) in [6.07, 6.45) is 1.64. The molecular weight excluding hydrogens is 274 g/mol. The highest BCUT2D eigenvalue weighted by molar-refractivity contribution is 7.98. The molecule has 5 nitrogen and oxygen atoms in total. The highest BCUT2D eigenvalue weighted by Crippen LogP contribution is 2.38. The molecule has 1 fully saturated rings. The maximum absolute atomic E-state index is 5.82. The second-order valence-electron chi connectivity index (χ2n) is 5.15. The van der Waals surface area contributed by atoms with Gasteiger partial charge in [0.25, 0.3) is 0 Å². The summed E-state index contributed by atoms with van der Waals surface area (Å²) < 4.78 is 11.3. The van der Waals surface area contributed by atoms with Crippen LogP contribution in [0, 0.1) is 0 Å². The quantitative estimate of drug-likeness (QED) is 0.920. The van der Waals surface area contributed by atoms with E-state index in [1.807, 2.05) is 11.8 Å². The smallest absolute Gasteiger partial charge is 0.163 e. The molecule has 3 heterocycles. The van der Waals surface area contributed by atoms with Crippen LogP contribution in [0.2, 0.25) is 0 Å². The zero-order chi connectivity index (χ0) is 14.0. The standard InChI is InChI=1S/C14H21N3O2S/c1-3-15-12-10-8-20-9-11(10)16-13(17-12)14(18-2)4-6-19-7-5-14/h3-9H2,1-2H3,(H,15,16,17). The second kappa shape index (κ2) is 5.87. The van der Waals surface area contributed by atoms with E-state index in [2.05, 4.69) is 12.2 Å². The molecule has 2 aliphatic heterocycles. The molecule has 0 aliphatic carbocycles. The summed E-state index contributed by atoms with van der Waals surface area (Å²) in [6.45, 7) is 4.38. The molecule has 0 atom stereocenters. The first-order valence-electron chi connectivity index (χ1n) is 7.14. The number of nitrogens with one attached hydrogen (secondary N) is 1. The molecule has 0 spiro atoms. The van der Waals surface area contributed by atoms with Gasteiger partial charge in [0.2, 0.25) is 0 Å². The maximum Gasteiger partial charge on any atom is 0.163 e. The Morgan fingerprint density at radius 3 is 2.80 bits per heavy atom. The third-order valence-corrected chi connectivity index (χ3v) is 4.99. The predicted octanol–water partition coefficient (Wildman–Crippen LogP) is 2.31. The van der Waals surface area contributed by atoms with Crippen LogP contribution < -0.4 is 5.32 Å². The fourth-order valence-corrected chi connectivity index (χ4v) is 3.83. The van der Waals surface area contributed by atoms with Crippen molar-refractivity contribution < 1.29 is 9.47 Å². The van der Waals surface area contributed by atoms with Crippen molar-refractivity contribution in [3.63, 3.8) is 0 Å². The monoisotopic (exact) mass is 295 g/mol. The van der Waals surface area contributed by atoms with Crippen LogP contribution in [0.25, 0.3) is 0 Å². The molecule has 1 aromatic heterocycles. The van der Waals surface area contributed by atoms with Gasteiger partial charge in [-0.25, -0.2) is 9.97 Å². The summed E-state index contributed by atoms with van der Waals surface area (Å²) in [4.78, 5) is 9.60. The van der Waals surface area contributed by atoms with Crippen LogP contribution in [0.5, 0.6) is 0 Å². The fourth-order valence-electron chi connectivity index (χ4n) is 2.79. The molecule has 2 aliphatic rings. The minimum Gasteiger partial charge on any atom is -0.381 e. The summed E-state index contributed by atoms with van der Waals surface area (Å²) in [5.41, 5.74) is 2.04. The van der Waals surface area contributed by atoms with Crippen molar-refractivity contribution in [1.29, 1.82) is 0 Å². The van der Waals surface area contributed by atoms with Crippen molar-refractivity contribution in [3.05, 3.63) is 17.1 Å². The van der Waals surface area contributed by atoms with Crippen LogP contribution in [0.3, 0.4) is 0 Å². The predicted molar refractivity (Wildman–Crippen MR) is 79.9 cm³/mol. The van der Waals surface area contributed by atoms with E-state index in [0.29, 0.717) is 13.2 Å². The summed E-state index contributed by atoms with van der Waals surface area (Å²) in [5.74, 6) is 3.78. The number of fused-ring (bicyclic) bond motifs is 1. The number of anilines is 1. The molecule has 1 saturated heterocycles. The highest BCUT2D eigenvalue weighted by Gasteiger charge is 2.38. The number of aromatic nitrogens is 2. The normalized spacial score (nSPS) is 20.7. The van der Waals surface area contributed by atoms with E-state index in [4.69, 9.17) is 19.4 Å². The first-order valence-corrected chi connectivity index (χ1v) is 8.29. The molecule has 0 aromatic carbocycles. The average molecular weight is 295 g/mol. The van der Waals surface area contributed by atoms with Gasteiger partial charge in [-0.3, -0.25) is 0 Å². The lowest BCUT2D eigenvalue weighted by Gasteiger charge is -2.34. The van der Waals surface area contributed by atoms with E-state index in [1.165, 1.54) is 11.3 Å². The number of thioether (sulfide) groups is 1. The molecule has 20 heavy (non-hydrogen) atoms. The molecule has 0 bridgehead atoms. The molecule has 0 unspecified atom stereocenters. The number of hydrogen-bond donors (Lipinski definition) is 1. The van der Waals surface area contributed by atoms with Crippen molar-refractivity contribution in [2.45, 2.75) is 36.9 Å². The van der Waals surface area contributed by atoms with E-state index in [1.54, 1.807) is 7.11 Å². The van der Waals surface area contributed by atoms with Crippen LogP contribution in [0.1, 0.15) is 36.8 Å². The Hall–Kier alpha value is -0.850. The van der Waals surface area contributed by atoms with E-state index >= 15 is 0 Å². The van der Waals surface area contributed by atoms with Gasteiger partial charge >= 0.3 is 0 Å². The molecule has 0 amide bonds. The Morgan fingerprint density at radius 1 is 1.30 bits per heavy atom. The van der Waals surface area contributed by atoms with Gasteiger partial charge < -0.3 is 14.8 Å².